The molecular formula is C21H31N3O. The van der Waals surface area contributed by atoms with E-state index in [1.807, 2.05) is 6.07 Å². The van der Waals surface area contributed by atoms with Gasteiger partial charge in [0.2, 0.25) is 5.91 Å². The summed E-state index contributed by atoms with van der Waals surface area (Å²) in [5, 5.41) is 0. The first kappa shape index (κ1) is 18.2. The maximum absolute atomic E-state index is 12.4. The molecular weight excluding hydrogens is 310 g/mol. The quantitative estimate of drug-likeness (QED) is 0.824. The van der Waals surface area contributed by atoms with Crippen molar-refractivity contribution >= 4 is 12.0 Å². The van der Waals surface area contributed by atoms with Gasteiger partial charge in [0.15, 0.2) is 0 Å². The second kappa shape index (κ2) is 9.16. The van der Waals surface area contributed by atoms with Gasteiger partial charge < -0.3 is 4.90 Å². The number of rotatable bonds is 5. The number of nitrogens with zero attached hydrogens (tertiary/aromatic N) is 3. The molecule has 2 heterocycles. The summed E-state index contributed by atoms with van der Waals surface area (Å²) in [6, 6.07) is 10.4. The zero-order chi connectivity index (χ0) is 17.5. The predicted molar refractivity (Wildman–Crippen MR) is 103 cm³/mol. The van der Waals surface area contributed by atoms with Crippen molar-refractivity contribution in [3.05, 3.63) is 42.0 Å². The van der Waals surface area contributed by atoms with Crippen molar-refractivity contribution in [2.24, 2.45) is 5.92 Å². The van der Waals surface area contributed by atoms with Crippen LogP contribution < -0.4 is 0 Å². The van der Waals surface area contributed by atoms with E-state index in [1.165, 1.54) is 5.56 Å². The highest BCUT2D eigenvalue weighted by Gasteiger charge is 2.23. The van der Waals surface area contributed by atoms with E-state index in [0.717, 1.165) is 64.6 Å². The van der Waals surface area contributed by atoms with Crippen LogP contribution in [-0.2, 0) is 4.79 Å². The summed E-state index contributed by atoms with van der Waals surface area (Å²) >= 11 is 0. The van der Waals surface area contributed by atoms with Crippen molar-refractivity contribution < 1.29 is 4.79 Å². The van der Waals surface area contributed by atoms with Crippen LogP contribution in [-0.4, -0.2) is 73.0 Å². The summed E-state index contributed by atoms with van der Waals surface area (Å²) < 4.78 is 0. The monoisotopic (exact) mass is 341 g/mol. The fraction of sp³-hybridized carbons (Fsp3) is 0.571. The summed E-state index contributed by atoms with van der Waals surface area (Å²) in [5.41, 5.74) is 1.25. The van der Waals surface area contributed by atoms with Gasteiger partial charge in [0.1, 0.15) is 0 Å². The Morgan fingerprint density at radius 3 is 2.32 bits per heavy atom. The third-order valence-corrected chi connectivity index (χ3v) is 5.43. The summed E-state index contributed by atoms with van der Waals surface area (Å²) in [4.78, 5) is 19.3. The Hall–Kier alpha value is -1.65. The first-order chi connectivity index (χ1) is 12.2. The molecule has 0 saturated carbocycles. The van der Waals surface area contributed by atoms with Crippen LogP contribution in [0.2, 0.25) is 0 Å². The Morgan fingerprint density at radius 2 is 1.64 bits per heavy atom. The fourth-order valence-electron chi connectivity index (χ4n) is 3.58. The molecule has 4 heteroatoms. The zero-order valence-corrected chi connectivity index (χ0v) is 15.4. The highest BCUT2D eigenvalue weighted by atomic mass is 16.2. The number of carbonyl (C=O) groups excluding carboxylic acids is 1. The van der Waals surface area contributed by atoms with Crippen LogP contribution in [0.1, 0.15) is 25.3 Å². The molecule has 4 nitrogen and oxygen atoms in total. The SMILES string of the molecule is CC1CCN(C(=O)CN2CCN(C/C=C/c3ccccc3)CC2)CC1. The molecule has 136 valence electrons. The van der Waals surface area contributed by atoms with Gasteiger partial charge in [0.25, 0.3) is 0 Å². The molecule has 3 rings (SSSR count). The van der Waals surface area contributed by atoms with Crippen LogP contribution in [0, 0.1) is 5.92 Å². The zero-order valence-electron chi connectivity index (χ0n) is 15.4. The molecule has 0 unspecified atom stereocenters. The number of hydrogen-bond acceptors (Lipinski definition) is 3. The highest BCUT2D eigenvalue weighted by molar-refractivity contribution is 5.78. The number of piperazine rings is 1. The lowest BCUT2D eigenvalue weighted by Crippen LogP contribution is -2.50. The molecule has 25 heavy (non-hydrogen) atoms. The lowest BCUT2D eigenvalue weighted by Gasteiger charge is -2.36. The number of carbonyl (C=O) groups is 1. The van der Waals surface area contributed by atoms with Crippen LogP contribution >= 0.6 is 0 Å². The Balaban J connectivity index is 1.35. The molecule has 0 N–H and O–H groups in total. The molecule has 0 spiro atoms. The van der Waals surface area contributed by atoms with Crippen molar-refractivity contribution in [2.75, 3.05) is 52.4 Å². The number of benzene rings is 1. The van der Waals surface area contributed by atoms with Gasteiger partial charge in [-0.2, -0.15) is 0 Å². The number of hydrogen-bond donors (Lipinski definition) is 0. The van der Waals surface area contributed by atoms with E-state index in [1.54, 1.807) is 0 Å². The number of piperidine rings is 1. The molecule has 2 fully saturated rings. The summed E-state index contributed by atoms with van der Waals surface area (Å²) in [6.45, 7) is 9.85. The van der Waals surface area contributed by atoms with Gasteiger partial charge in [-0.05, 0) is 24.3 Å². The Bertz CT molecular complexity index is 556. The lowest BCUT2D eigenvalue weighted by molar-refractivity contribution is -0.134. The second-order valence-electron chi connectivity index (χ2n) is 7.45. The minimum Gasteiger partial charge on any atom is -0.342 e. The molecule has 0 aromatic heterocycles. The van der Waals surface area contributed by atoms with E-state index in [4.69, 9.17) is 0 Å². The van der Waals surface area contributed by atoms with Gasteiger partial charge in [-0.15, -0.1) is 0 Å². The highest BCUT2D eigenvalue weighted by Crippen LogP contribution is 2.16. The Morgan fingerprint density at radius 1 is 1.00 bits per heavy atom. The minimum absolute atomic E-state index is 0.323. The van der Waals surface area contributed by atoms with Gasteiger partial charge in [0, 0.05) is 45.8 Å². The van der Waals surface area contributed by atoms with Gasteiger partial charge in [-0.3, -0.25) is 14.6 Å². The van der Waals surface area contributed by atoms with E-state index in [2.05, 4.69) is 58.0 Å². The van der Waals surface area contributed by atoms with E-state index in [9.17, 15) is 4.79 Å². The topological polar surface area (TPSA) is 26.8 Å². The van der Waals surface area contributed by atoms with Crippen LogP contribution in [0.4, 0.5) is 0 Å². The van der Waals surface area contributed by atoms with E-state index < -0.39 is 0 Å². The van der Waals surface area contributed by atoms with Crippen LogP contribution in [0.5, 0.6) is 0 Å². The van der Waals surface area contributed by atoms with Crippen LogP contribution in [0.25, 0.3) is 6.08 Å². The molecule has 0 bridgehead atoms. The molecule has 1 aromatic carbocycles. The van der Waals surface area contributed by atoms with Crippen molar-refractivity contribution in [1.82, 2.24) is 14.7 Å². The average Bonchev–Trinajstić information content (AvgIpc) is 2.64. The summed E-state index contributed by atoms with van der Waals surface area (Å²) in [5.74, 6) is 1.10. The molecule has 0 radical (unpaired) electrons. The molecule has 1 amide bonds. The molecule has 2 aliphatic rings. The number of likely N-dealkylation sites (tertiary alicyclic amines) is 1. The smallest absolute Gasteiger partial charge is 0.236 e. The summed E-state index contributed by atoms with van der Waals surface area (Å²) in [7, 11) is 0. The third kappa shape index (κ3) is 5.68. The molecule has 0 atom stereocenters. The van der Waals surface area contributed by atoms with Gasteiger partial charge in [0.05, 0.1) is 6.54 Å². The largest absolute Gasteiger partial charge is 0.342 e. The molecule has 2 aliphatic heterocycles. The molecule has 0 aliphatic carbocycles. The Kier molecular flexibility index (Phi) is 6.65. The fourth-order valence-corrected chi connectivity index (χ4v) is 3.58. The average molecular weight is 341 g/mol. The normalized spacial score (nSPS) is 21.1. The van der Waals surface area contributed by atoms with Crippen molar-refractivity contribution in [1.29, 1.82) is 0 Å². The standard InChI is InChI=1S/C21H31N3O/c1-19-9-12-24(13-10-19)21(25)18-23-16-14-22(15-17-23)11-5-8-20-6-3-2-4-7-20/h2-8,19H,9-18H2,1H3/b8-5+. The predicted octanol–water partition coefficient (Wildman–Crippen LogP) is 2.58. The van der Waals surface area contributed by atoms with Crippen molar-refractivity contribution in [3.8, 4) is 0 Å². The lowest BCUT2D eigenvalue weighted by atomic mass is 9.99. The second-order valence-corrected chi connectivity index (χ2v) is 7.45. The minimum atomic E-state index is 0.323. The van der Waals surface area contributed by atoms with E-state index in [0.29, 0.717) is 12.5 Å². The maximum Gasteiger partial charge on any atom is 0.236 e. The van der Waals surface area contributed by atoms with E-state index >= 15 is 0 Å². The molecule has 1 aromatic rings. The number of amides is 1. The van der Waals surface area contributed by atoms with Gasteiger partial charge in [-0.25, -0.2) is 0 Å². The van der Waals surface area contributed by atoms with E-state index in [-0.39, 0.29) is 0 Å². The first-order valence-corrected chi connectivity index (χ1v) is 9.65. The Labute approximate surface area is 152 Å². The first-order valence-electron chi connectivity index (χ1n) is 9.65. The van der Waals surface area contributed by atoms with Crippen LogP contribution in [0.15, 0.2) is 36.4 Å². The van der Waals surface area contributed by atoms with Gasteiger partial charge in [-0.1, -0.05) is 49.4 Å². The van der Waals surface area contributed by atoms with Crippen molar-refractivity contribution in [3.63, 3.8) is 0 Å². The maximum atomic E-state index is 12.4. The van der Waals surface area contributed by atoms with Gasteiger partial charge >= 0.3 is 0 Å². The van der Waals surface area contributed by atoms with Crippen LogP contribution in [0.3, 0.4) is 0 Å². The molecule has 2 saturated heterocycles. The summed E-state index contributed by atoms with van der Waals surface area (Å²) in [6.07, 6.45) is 6.75. The third-order valence-electron chi connectivity index (χ3n) is 5.43. The van der Waals surface area contributed by atoms with Crippen molar-refractivity contribution in [2.45, 2.75) is 19.8 Å².